The van der Waals surface area contributed by atoms with Crippen molar-refractivity contribution < 1.29 is 45.1 Å². The Morgan fingerprint density at radius 3 is 0.576 bits per heavy atom. The molecule has 2 aromatic carbocycles. The van der Waals surface area contributed by atoms with Crippen molar-refractivity contribution in [2.75, 3.05) is 0 Å². The number of rotatable bonds is 4. The van der Waals surface area contributed by atoms with Gasteiger partial charge in [-0.15, -0.1) is 0 Å². The smallest absolute Gasteiger partial charge is 0.338 e. The molecule has 2 aromatic rings. The molecule has 0 bridgehead atoms. The van der Waals surface area contributed by atoms with Crippen molar-refractivity contribution in [1.82, 2.24) is 0 Å². The molecule has 0 saturated carbocycles. The third-order valence-corrected chi connectivity index (χ3v) is 6.99. The maximum atomic E-state index is 10.9. The molecule has 17 heteroatoms. The normalized spacial score (nSPS) is 9.94. The first-order valence-corrected chi connectivity index (χ1v) is 10.2. The molecule has 0 aliphatic heterocycles. The molecule has 0 aliphatic carbocycles. The largest absolute Gasteiger partial charge is 0.478 e. The van der Waals surface area contributed by atoms with E-state index in [1.807, 2.05) is 0 Å². The number of hydrogen-bond acceptors (Lipinski definition) is 4. The molecular formula is C16H6Cl8O9. The Morgan fingerprint density at radius 2 is 0.485 bits per heavy atom. The van der Waals surface area contributed by atoms with Gasteiger partial charge in [0.05, 0.1) is 62.4 Å². The summed E-state index contributed by atoms with van der Waals surface area (Å²) in [6.45, 7) is 0. The van der Waals surface area contributed by atoms with Crippen molar-refractivity contribution in [3.8, 4) is 0 Å². The fourth-order valence-electron chi connectivity index (χ4n) is 2.07. The molecule has 0 heterocycles. The molecule has 6 N–H and O–H groups in total. The quantitative estimate of drug-likeness (QED) is 0.217. The molecule has 33 heavy (non-hydrogen) atoms. The van der Waals surface area contributed by atoms with Gasteiger partial charge in [-0.2, -0.15) is 0 Å². The van der Waals surface area contributed by atoms with Crippen molar-refractivity contribution in [3.05, 3.63) is 62.4 Å². The van der Waals surface area contributed by atoms with Gasteiger partial charge < -0.3 is 25.9 Å². The van der Waals surface area contributed by atoms with Crippen LogP contribution < -0.4 is 0 Å². The van der Waals surface area contributed by atoms with Gasteiger partial charge >= 0.3 is 23.9 Å². The molecule has 0 spiro atoms. The summed E-state index contributed by atoms with van der Waals surface area (Å²) in [5, 5.41) is 32.3. The summed E-state index contributed by atoms with van der Waals surface area (Å²) in [5.74, 6) is -6.21. The zero-order valence-electron chi connectivity index (χ0n) is 14.9. The summed E-state index contributed by atoms with van der Waals surface area (Å²) < 4.78 is 0. The molecule has 0 amide bonds. The predicted molar refractivity (Wildman–Crippen MR) is 124 cm³/mol. The molecule has 0 saturated heterocycles. The third-order valence-electron chi connectivity index (χ3n) is 3.39. The van der Waals surface area contributed by atoms with Crippen molar-refractivity contribution in [2.45, 2.75) is 0 Å². The fourth-order valence-corrected chi connectivity index (χ4v) is 4.10. The minimum atomic E-state index is -1.55. The average molecular weight is 626 g/mol. The number of carboxylic acid groups (broad SMARTS) is 4. The van der Waals surface area contributed by atoms with Gasteiger partial charge in [0.25, 0.3) is 0 Å². The van der Waals surface area contributed by atoms with Crippen LogP contribution in [-0.2, 0) is 0 Å². The van der Waals surface area contributed by atoms with Crippen molar-refractivity contribution >= 4 is 117 Å². The van der Waals surface area contributed by atoms with E-state index in [4.69, 9.17) is 113 Å². The molecule has 0 aromatic heterocycles. The van der Waals surface area contributed by atoms with Crippen molar-refractivity contribution in [3.63, 3.8) is 0 Å². The molecule has 0 fully saturated rings. The molecule has 9 nitrogen and oxygen atoms in total. The van der Waals surface area contributed by atoms with Gasteiger partial charge in [-0.1, -0.05) is 92.8 Å². The fraction of sp³-hybridized carbons (Fsp3) is 0. The second kappa shape index (κ2) is 12.3. The highest BCUT2D eigenvalue weighted by Gasteiger charge is 2.29. The van der Waals surface area contributed by atoms with E-state index in [2.05, 4.69) is 0 Å². The van der Waals surface area contributed by atoms with Crippen molar-refractivity contribution in [2.24, 2.45) is 0 Å². The summed E-state index contributed by atoms with van der Waals surface area (Å²) in [4.78, 5) is 43.4. The van der Waals surface area contributed by atoms with E-state index in [0.717, 1.165) is 0 Å². The van der Waals surface area contributed by atoms with Crippen LogP contribution in [0.2, 0.25) is 40.2 Å². The van der Waals surface area contributed by atoms with Gasteiger partial charge in [-0.3, -0.25) is 0 Å². The van der Waals surface area contributed by atoms with E-state index in [9.17, 15) is 19.2 Å². The number of carboxylic acids is 4. The van der Waals surface area contributed by atoms with E-state index in [1.54, 1.807) is 0 Å². The van der Waals surface area contributed by atoms with E-state index in [-0.39, 0.29) is 25.6 Å². The van der Waals surface area contributed by atoms with Crippen LogP contribution in [0.3, 0.4) is 0 Å². The van der Waals surface area contributed by atoms with Crippen LogP contribution in [0.25, 0.3) is 0 Å². The SMILES string of the molecule is O.O=C(O)c1c(Cl)c(Cl)c(Cl)c(Cl)c1C(=O)O.O=C(O)c1c(Cl)c(Cl)c(Cl)c(Cl)c1C(=O)O. The highest BCUT2D eigenvalue weighted by molar-refractivity contribution is 6.55. The standard InChI is InChI=1S/2C8H2Cl4O4.H2O/c2*9-3-1(7(13)14)2(8(15)16)4(10)6(12)5(3)11;/h2*(H,13,14)(H,15,16);1H2. The molecule has 180 valence electrons. The first-order chi connectivity index (χ1) is 14.6. The van der Waals surface area contributed by atoms with Crippen molar-refractivity contribution in [1.29, 1.82) is 0 Å². The van der Waals surface area contributed by atoms with E-state index >= 15 is 0 Å². The molecule has 0 atom stereocenters. The molecule has 0 radical (unpaired) electrons. The van der Waals surface area contributed by atoms with Crippen LogP contribution in [0.4, 0.5) is 0 Å². The lowest BCUT2D eigenvalue weighted by Gasteiger charge is -2.10. The summed E-state index contributed by atoms with van der Waals surface area (Å²) in [5.41, 5.74) is -2.75. The van der Waals surface area contributed by atoms with Crippen LogP contribution in [0, 0.1) is 0 Å². The summed E-state index contributed by atoms with van der Waals surface area (Å²) >= 11 is 44.8. The van der Waals surface area contributed by atoms with Crippen LogP contribution >= 0.6 is 92.8 Å². The minimum absolute atomic E-state index is 0. The second-order valence-electron chi connectivity index (χ2n) is 5.23. The van der Waals surface area contributed by atoms with E-state index < -0.39 is 66.2 Å². The van der Waals surface area contributed by atoms with Gasteiger partial charge in [0.15, 0.2) is 0 Å². The molecule has 2 rings (SSSR count). The number of halogens is 8. The third kappa shape index (κ3) is 6.39. The highest BCUT2D eigenvalue weighted by atomic mass is 35.5. The molecule has 0 unspecified atom stereocenters. The lowest BCUT2D eigenvalue weighted by atomic mass is 10.1. The van der Waals surface area contributed by atoms with Crippen LogP contribution in [0.15, 0.2) is 0 Å². The number of benzene rings is 2. The monoisotopic (exact) mass is 622 g/mol. The Bertz CT molecular complexity index is 999. The number of carbonyl (C=O) groups is 4. The summed E-state index contributed by atoms with van der Waals surface area (Å²) in [7, 11) is 0. The van der Waals surface area contributed by atoms with Gasteiger partial charge in [-0.25, -0.2) is 19.2 Å². The van der Waals surface area contributed by atoms with Crippen LogP contribution in [0.1, 0.15) is 41.4 Å². The summed E-state index contributed by atoms with van der Waals surface area (Å²) in [6.07, 6.45) is 0. The van der Waals surface area contributed by atoms with E-state index in [1.165, 1.54) is 0 Å². The molecular weight excluding hydrogens is 620 g/mol. The number of hydrogen-bond donors (Lipinski definition) is 4. The first kappa shape index (κ1) is 31.6. The number of aromatic carboxylic acids is 4. The first-order valence-electron chi connectivity index (χ1n) is 7.22. The Kier molecular flexibility index (Phi) is 11.8. The lowest BCUT2D eigenvalue weighted by Crippen LogP contribution is -2.10. The van der Waals surface area contributed by atoms with Gasteiger partial charge in [0.1, 0.15) is 0 Å². The summed E-state index contributed by atoms with van der Waals surface area (Å²) in [6, 6.07) is 0. The van der Waals surface area contributed by atoms with Gasteiger partial charge in [0, 0.05) is 0 Å². The zero-order valence-corrected chi connectivity index (χ0v) is 21.0. The zero-order chi connectivity index (χ0) is 25.2. The maximum Gasteiger partial charge on any atom is 0.338 e. The van der Waals surface area contributed by atoms with Gasteiger partial charge in [-0.05, 0) is 0 Å². The lowest BCUT2D eigenvalue weighted by molar-refractivity contribution is 0.0652. The maximum absolute atomic E-state index is 10.9. The topological polar surface area (TPSA) is 181 Å². The van der Waals surface area contributed by atoms with Crippen LogP contribution in [-0.4, -0.2) is 49.8 Å². The predicted octanol–water partition coefficient (Wildman–Crippen LogP) is 6.57. The minimum Gasteiger partial charge on any atom is -0.478 e. The van der Waals surface area contributed by atoms with E-state index in [0.29, 0.717) is 0 Å². The average Bonchev–Trinajstić information content (AvgIpc) is 2.69. The highest BCUT2D eigenvalue weighted by Crippen LogP contribution is 2.42. The molecule has 0 aliphatic rings. The van der Waals surface area contributed by atoms with Gasteiger partial charge in [0.2, 0.25) is 0 Å². The Morgan fingerprint density at radius 1 is 0.364 bits per heavy atom. The Balaban J connectivity index is 0.000000602. The Labute approximate surface area is 223 Å². The second-order valence-corrected chi connectivity index (χ2v) is 8.26. The van der Waals surface area contributed by atoms with Crippen LogP contribution in [0.5, 0.6) is 0 Å². The Hall–Kier alpha value is -1.40.